The predicted molar refractivity (Wildman–Crippen MR) is 154 cm³/mol. The first-order valence-electron chi connectivity index (χ1n) is 14.0. The Morgan fingerprint density at radius 1 is 1.10 bits per heavy atom. The highest BCUT2D eigenvalue weighted by Crippen LogP contribution is 2.51. The van der Waals surface area contributed by atoms with Gasteiger partial charge in [0.05, 0.1) is 23.6 Å². The van der Waals surface area contributed by atoms with Gasteiger partial charge in [-0.3, -0.25) is 14.5 Å². The van der Waals surface area contributed by atoms with Crippen LogP contribution in [0.25, 0.3) is 6.08 Å². The Labute approximate surface area is 235 Å². The maximum atomic E-state index is 13.8. The number of imide groups is 1. The lowest BCUT2D eigenvalue weighted by Crippen LogP contribution is -2.46. The lowest BCUT2D eigenvalue weighted by Gasteiger charge is -2.42. The highest BCUT2D eigenvalue weighted by molar-refractivity contribution is 6.58. The highest BCUT2D eigenvalue weighted by Gasteiger charge is 2.57. The molecule has 0 saturated carbocycles. The van der Waals surface area contributed by atoms with Crippen LogP contribution < -0.4 is 10.4 Å². The van der Waals surface area contributed by atoms with Crippen molar-refractivity contribution in [2.75, 3.05) is 4.90 Å². The van der Waals surface area contributed by atoms with Gasteiger partial charge in [-0.05, 0) is 85.7 Å². The molecule has 0 radical (unpaired) electrons. The van der Waals surface area contributed by atoms with Crippen molar-refractivity contribution in [1.82, 2.24) is 0 Å². The van der Waals surface area contributed by atoms with Crippen molar-refractivity contribution in [3.05, 3.63) is 70.8 Å². The molecule has 2 aliphatic heterocycles. The van der Waals surface area contributed by atoms with E-state index in [0.717, 1.165) is 36.0 Å². The largest absolute Gasteiger partial charge is 0.508 e. The summed E-state index contributed by atoms with van der Waals surface area (Å²) in [5, 5.41) is 39.8. The first-order valence-corrected chi connectivity index (χ1v) is 14.0. The molecule has 10 heteroatoms. The Balaban J connectivity index is 1.40. The SMILES string of the molecule is CCC/C(=C\c1cccc(O)c1)CC[C@H]1OB(O)C[C@H]2C1=C(C)C[C@H]1C(=O)N(c3cccc(B(O)O)c3)C(=O)[C@H]12. The summed E-state index contributed by atoms with van der Waals surface area (Å²) in [6.45, 7) is 4.11. The number of carbonyl (C=O) groups excluding carboxylic acids is 2. The smallest absolute Gasteiger partial charge is 0.488 e. The number of benzene rings is 2. The van der Waals surface area contributed by atoms with Crippen molar-refractivity contribution in [2.24, 2.45) is 17.8 Å². The predicted octanol–water partition coefficient (Wildman–Crippen LogP) is 3.06. The number of hydrogen-bond acceptors (Lipinski definition) is 7. The third-order valence-electron chi connectivity index (χ3n) is 8.42. The number of phenols is 1. The molecule has 2 aromatic rings. The Morgan fingerprint density at radius 2 is 1.88 bits per heavy atom. The first kappa shape index (κ1) is 28.4. The number of rotatable bonds is 8. The van der Waals surface area contributed by atoms with E-state index in [-0.39, 0.29) is 41.4 Å². The van der Waals surface area contributed by atoms with Gasteiger partial charge in [0.25, 0.3) is 0 Å². The van der Waals surface area contributed by atoms with Crippen molar-refractivity contribution in [3.8, 4) is 5.75 Å². The van der Waals surface area contributed by atoms with Gasteiger partial charge in [0.2, 0.25) is 11.8 Å². The number of allylic oxidation sites excluding steroid dienone is 2. The monoisotopic (exact) mass is 543 g/mol. The molecule has 0 bridgehead atoms. The number of amides is 2. The van der Waals surface area contributed by atoms with E-state index in [9.17, 15) is 29.8 Å². The minimum atomic E-state index is -1.71. The number of aromatic hydroxyl groups is 1. The zero-order valence-electron chi connectivity index (χ0n) is 22.9. The lowest BCUT2D eigenvalue weighted by molar-refractivity contribution is -0.122. The molecule has 2 fully saturated rings. The summed E-state index contributed by atoms with van der Waals surface area (Å²) in [5.41, 5.74) is 4.70. The van der Waals surface area contributed by atoms with Crippen LogP contribution in [0.3, 0.4) is 0 Å². The average Bonchev–Trinajstić information content (AvgIpc) is 3.16. The molecule has 0 aromatic heterocycles. The van der Waals surface area contributed by atoms with Crippen LogP contribution in [-0.2, 0) is 14.2 Å². The lowest BCUT2D eigenvalue weighted by atomic mass is 9.58. The summed E-state index contributed by atoms with van der Waals surface area (Å²) in [7, 11) is -2.75. The summed E-state index contributed by atoms with van der Waals surface area (Å²) in [6.07, 6.45) is 5.62. The third-order valence-corrected chi connectivity index (χ3v) is 8.42. The molecule has 8 nitrogen and oxygen atoms in total. The van der Waals surface area contributed by atoms with Crippen LogP contribution in [0.1, 0.15) is 51.5 Å². The Morgan fingerprint density at radius 3 is 2.60 bits per heavy atom. The molecule has 4 atom stereocenters. The van der Waals surface area contributed by atoms with Crippen LogP contribution in [0.15, 0.2) is 65.3 Å². The summed E-state index contributed by atoms with van der Waals surface area (Å²) in [6, 6.07) is 13.3. The van der Waals surface area contributed by atoms with Crippen LogP contribution in [0.2, 0.25) is 6.32 Å². The second kappa shape index (κ2) is 11.7. The van der Waals surface area contributed by atoms with Crippen LogP contribution in [0.4, 0.5) is 5.69 Å². The van der Waals surface area contributed by atoms with Gasteiger partial charge in [0, 0.05) is 0 Å². The molecular formula is C30H35B2NO7. The van der Waals surface area contributed by atoms with Crippen LogP contribution >= 0.6 is 0 Å². The van der Waals surface area contributed by atoms with Gasteiger partial charge in [-0.1, -0.05) is 54.8 Å². The minimum Gasteiger partial charge on any atom is -0.508 e. The van der Waals surface area contributed by atoms with Crippen LogP contribution in [0.5, 0.6) is 5.75 Å². The molecule has 1 aliphatic carbocycles. The zero-order valence-corrected chi connectivity index (χ0v) is 22.9. The van der Waals surface area contributed by atoms with Crippen molar-refractivity contribution in [1.29, 1.82) is 0 Å². The van der Waals surface area contributed by atoms with Crippen LogP contribution in [-0.4, -0.2) is 52.3 Å². The maximum absolute atomic E-state index is 13.8. The standard InChI is InChI=1S/C30H35B2NO7/c1-3-6-19(14-20-7-4-10-23(34)15-20)11-12-26-27-18(2)13-24-28(25(27)17-31(37)40-26)30(36)33(29(24)35)22-9-5-8-21(16-22)32(38)39/h4-5,7-10,14-16,24-26,28,34,37-39H,3,6,11-13,17H2,1-2H3/b19-14+/t24-,25+,26-,28-/m1/s1. The molecule has 0 spiro atoms. The summed E-state index contributed by atoms with van der Waals surface area (Å²) < 4.78 is 6.05. The molecule has 4 N–H and O–H groups in total. The van der Waals surface area contributed by atoms with E-state index in [1.54, 1.807) is 24.3 Å². The maximum Gasteiger partial charge on any atom is 0.488 e. The molecule has 0 unspecified atom stereocenters. The molecule has 2 heterocycles. The average molecular weight is 543 g/mol. The number of nitrogens with zero attached hydrogens (tertiary/aromatic N) is 1. The second-order valence-electron chi connectivity index (χ2n) is 11.2. The van der Waals surface area contributed by atoms with E-state index in [1.807, 2.05) is 19.1 Å². The highest BCUT2D eigenvalue weighted by atomic mass is 16.5. The molecular weight excluding hydrogens is 508 g/mol. The van der Waals surface area contributed by atoms with Gasteiger partial charge >= 0.3 is 14.2 Å². The fourth-order valence-corrected chi connectivity index (χ4v) is 6.76. The van der Waals surface area contributed by atoms with Crippen molar-refractivity contribution >= 4 is 43.3 Å². The van der Waals surface area contributed by atoms with E-state index in [1.165, 1.54) is 22.6 Å². The normalized spacial score (nSPS) is 24.9. The van der Waals surface area contributed by atoms with Gasteiger partial charge in [-0.15, -0.1) is 0 Å². The number of anilines is 1. The van der Waals surface area contributed by atoms with E-state index < -0.39 is 26.1 Å². The minimum absolute atomic E-state index is 0.200. The Bertz CT molecular complexity index is 1360. The summed E-state index contributed by atoms with van der Waals surface area (Å²) in [5.74, 6) is -1.85. The van der Waals surface area contributed by atoms with Gasteiger partial charge in [0.1, 0.15) is 5.75 Å². The molecule has 3 aliphatic rings. The third kappa shape index (κ3) is 5.54. The fourth-order valence-electron chi connectivity index (χ4n) is 6.76. The zero-order chi connectivity index (χ0) is 28.6. The van der Waals surface area contributed by atoms with Crippen molar-refractivity contribution in [2.45, 2.75) is 58.4 Å². The van der Waals surface area contributed by atoms with Crippen molar-refractivity contribution in [3.63, 3.8) is 0 Å². The number of hydrogen-bond donors (Lipinski definition) is 4. The van der Waals surface area contributed by atoms with E-state index in [0.29, 0.717) is 18.5 Å². The number of phenolic OH excluding ortho intramolecular Hbond substituents is 1. The van der Waals surface area contributed by atoms with Gasteiger partial charge in [-0.2, -0.15) is 0 Å². The van der Waals surface area contributed by atoms with Gasteiger partial charge in [-0.25, -0.2) is 0 Å². The Hall–Kier alpha value is -3.17. The van der Waals surface area contributed by atoms with E-state index in [4.69, 9.17) is 4.65 Å². The number of carbonyl (C=O) groups is 2. The quantitative estimate of drug-likeness (QED) is 0.229. The fraction of sp³-hybridized carbons (Fsp3) is 0.400. The van der Waals surface area contributed by atoms with E-state index in [2.05, 4.69) is 13.0 Å². The van der Waals surface area contributed by atoms with E-state index >= 15 is 0 Å². The molecule has 2 aromatic carbocycles. The van der Waals surface area contributed by atoms with Gasteiger partial charge < -0.3 is 24.8 Å². The van der Waals surface area contributed by atoms with Crippen molar-refractivity contribution < 1.29 is 34.4 Å². The molecule has 40 heavy (non-hydrogen) atoms. The first-order chi connectivity index (χ1) is 19.2. The van der Waals surface area contributed by atoms with Crippen LogP contribution in [0, 0.1) is 17.8 Å². The summed E-state index contributed by atoms with van der Waals surface area (Å²) in [4.78, 5) is 28.5. The molecule has 2 amide bonds. The van der Waals surface area contributed by atoms with Gasteiger partial charge in [0.15, 0.2) is 0 Å². The molecule has 5 rings (SSSR count). The Kier molecular flexibility index (Phi) is 8.33. The number of fused-ring (bicyclic) bond motifs is 3. The molecule has 208 valence electrons. The topological polar surface area (TPSA) is 128 Å². The molecule has 2 saturated heterocycles. The second-order valence-corrected chi connectivity index (χ2v) is 11.2. The summed E-state index contributed by atoms with van der Waals surface area (Å²) >= 11 is 0.